The molecular weight excluding hydrogens is 408 g/mol. The predicted molar refractivity (Wildman–Crippen MR) is 125 cm³/mol. The fourth-order valence-corrected chi connectivity index (χ4v) is 3.56. The number of carbonyl (C=O) groups is 2. The molecule has 4 nitrogen and oxygen atoms in total. The Morgan fingerprint density at radius 2 is 1.48 bits per heavy atom. The quantitative estimate of drug-likeness (QED) is 0.504. The molecule has 160 valence electrons. The Morgan fingerprint density at radius 1 is 0.871 bits per heavy atom. The first-order valence-electron chi connectivity index (χ1n) is 10.5. The SMILES string of the molecule is CCCNC(=O)[C@@H](c1ccccc1)N(Cc1ccccc1)C(=O)Cc1ccc(Cl)cc1. The summed E-state index contributed by atoms with van der Waals surface area (Å²) in [5.74, 6) is -0.292. The van der Waals surface area contributed by atoms with Crippen LogP contribution in [-0.4, -0.2) is 23.3 Å². The van der Waals surface area contributed by atoms with E-state index >= 15 is 0 Å². The second-order valence-electron chi connectivity index (χ2n) is 7.41. The molecule has 0 aliphatic carbocycles. The van der Waals surface area contributed by atoms with Crippen LogP contribution < -0.4 is 5.32 Å². The Hall–Kier alpha value is -3.11. The molecule has 0 fully saturated rings. The molecule has 3 aromatic carbocycles. The molecule has 1 atom stereocenters. The Balaban J connectivity index is 1.96. The highest BCUT2D eigenvalue weighted by molar-refractivity contribution is 6.30. The van der Waals surface area contributed by atoms with Gasteiger partial charge >= 0.3 is 0 Å². The highest BCUT2D eigenvalue weighted by atomic mass is 35.5. The number of hydrogen-bond donors (Lipinski definition) is 1. The van der Waals surface area contributed by atoms with Gasteiger partial charge in [0, 0.05) is 18.1 Å². The van der Waals surface area contributed by atoms with E-state index in [-0.39, 0.29) is 18.2 Å². The monoisotopic (exact) mass is 434 g/mol. The van der Waals surface area contributed by atoms with Gasteiger partial charge in [-0.3, -0.25) is 9.59 Å². The summed E-state index contributed by atoms with van der Waals surface area (Å²) in [5, 5.41) is 3.60. The van der Waals surface area contributed by atoms with Gasteiger partial charge in [-0.15, -0.1) is 0 Å². The number of rotatable bonds is 9. The molecule has 5 heteroatoms. The maximum Gasteiger partial charge on any atom is 0.247 e. The highest BCUT2D eigenvalue weighted by Crippen LogP contribution is 2.25. The maximum absolute atomic E-state index is 13.5. The maximum atomic E-state index is 13.5. The Bertz CT molecular complexity index is 975. The molecule has 0 bridgehead atoms. The summed E-state index contributed by atoms with van der Waals surface area (Å²) in [5.41, 5.74) is 2.61. The number of halogens is 1. The smallest absolute Gasteiger partial charge is 0.247 e. The summed E-state index contributed by atoms with van der Waals surface area (Å²) in [6, 6.07) is 25.7. The minimum atomic E-state index is -0.715. The van der Waals surface area contributed by atoms with Crippen LogP contribution >= 0.6 is 11.6 Å². The van der Waals surface area contributed by atoms with Gasteiger partial charge in [-0.05, 0) is 35.2 Å². The fraction of sp³-hybridized carbons (Fsp3) is 0.231. The van der Waals surface area contributed by atoms with Crippen LogP contribution in [0.15, 0.2) is 84.9 Å². The molecule has 0 aromatic heterocycles. The summed E-state index contributed by atoms with van der Waals surface area (Å²) in [6.45, 7) is 2.91. The van der Waals surface area contributed by atoms with E-state index in [0.29, 0.717) is 18.1 Å². The molecule has 0 aliphatic rings. The lowest BCUT2D eigenvalue weighted by Crippen LogP contribution is -2.44. The van der Waals surface area contributed by atoms with Gasteiger partial charge in [-0.2, -0.15) is 0 Å². The van der Waals surface area contributed by atoms with Crippen molar-refractivity contribution in [1.29, 1.82) is 0 Å². The number of amides is 2. The predicted octanol–water partition coefficient (Wildman–Crippen LogP) is 5.18. The lowest BCUT2D eigenvalue weighted by Gasteiger charge is -2.32. The van der Waals surface area contributed by atoms with Crippen molar-refractivity contribution in [3.63, 3.8) is 0 Å². The van der Waals surface area contributed by atoms with E-state index in [9.17, 15) is 9.59 Å². The van der Waals surface area contributed by atoms with Gasteiger partial charge in [-0.25, -0.2) is 0 Å². The average Bonchev–Trinajstić information content (AvgIpc) is 2.80. The first-order chi connectivity index (χ1) is 15.1. The van der Waals surface area contributed by atoms with Crippen molar-refractivity contribution in [1.82, 2.24) is 10.2 Å². The van der Waals surface area contributed by atoms with Gasteiger partial charge in [0.25, 0.3) is 0 Å². The van der Waals surface area contributed by atoms with Crippen LogP contribution in [0.3, 0.4) is 0 Å². The molecule has 3 aromatic rings. The van der Waals surface area contributed by atoms with Crippen molar-refractivity contribution in [3.8, 4) is 0 Å². The van der Waals surface area contributed by atoms with Crippen LogP contribution in [0.25, 0.3) is 0 Å². The summed E-state index contributed by atoms with van der Waals surface area (Å²) in [4.78, 5) is 28.4. The topological polar surface area (TPSA) is 49.4 Å². The number of carbonyl (C=O) groups excluding carboxylic acids is 2. The van der Waals surface area contributed by atoms with Gasteiger partial charge < -0.3 is 10.2 Å². The molecule has 0 radical (unpaired) electrons. The second-order valence-corrected chi connectivity index (χ2v) is 7.85. The fourth-order valence-electron chi connectivity index (χ4n) is 3.44. The Morgan fingerprint density at radius 3 is 2.10 bits per heavy atom. The van der Waals surface area contributed by atoms with Crippen molar-refractivity contribution in [3.05, 3.63) is 107 Å². The van der Waals surface area contributed by atoms with Crippen molar-refractivity contribution >= 4 is 23.4 Å². The molecule has 0 heterocycles. The summed E-state index contributed by atoms with van der Waals surface area (Å²) < 4.78 is 0. The van der Waals surface area contributed by atoms with Crippen molar-refractivity contribution in [2.75, 3.05) is 6.54 Å². The van der Waals surface area contributed by atoms with Crippen LogP contribution in [0.1, 0.15) is 36.1 Å². The van der Waals surface area contributed by atoms with Crippen molar-refractivity contribution in [2.24, 2.45) is 0 Å². The van der Waals surface area contributed by atoms with E-state index in [0.717, 1.165) is 23.1 Å². The molecular formula is C26H27ClN2O2. The van der Waals surface area contributed by atoms with Crippen LogP contribution in [0.2, 0.25) is 5.02 Å². The zero-order valence-electron chi connectivity index (χ0n) is 17.6. The molecule has 31 heavy (non-hydrogen) atoms. The van der Waals surface area contributed by atoms with E-state index in [4.69, 9.17) is 11.6 Å². The second kappa shape index (κ2) is 11.3. The summed E-state index contributed by atoms with van der Waals surface area (Å²) in [6.07, 6.45) is 1.01. The Kier molecular flexibility index (Phi) is 8.25. The zero-order valence-corrected chi connectivity index (χ0v) is 18.4. The first kappa shape index (κ1) is 22.6. The summed E-state index contributed by atoms with van der Waals surface area (Å²) >= 11 is 5.99. The molecule has 3 rings (SSSR count). The lowest BCUT2D eigenvalue weighted by molar-refractivity contribution is -0.141. The van der Waals surface area contributed by atoms with Crippen LogP contribution in [0.5, 0.6) is 0 Å². The van der Waals surface area contributed by atoms with Gasteiger partial charge in [0.1, 0.15) is 6.04 Å². The van der Waals surface area contributed by atoms with E-state index in [1.54, 1.807) is 17.0 Å². The van der Waals surface area contributed by atoms with Gasteiger partial charge in [-0.1, -0.05) is 91.3 Å². The minimum absolute atomic E-state index is 0.119. The molecule has 0 saturated heterocycles. The molecule has 0 unspecified atom stereocenters. The van der Waals surface area contributed by atoms with E-state index in [1.807, 2.05) is 79.7 Å². The van der Waals surface area contributed by atoms with Gasteiger partial charge in [0.2, 0.25) is 11.8 Å². The number of nitrogens with one attached hydrogen (secondary N) is 1. The normalized spacial score (nSPS) is 11.5. The molecule has 0 saturated carbocycles. The molecule has 0 spiro atoms. The molecule has 2 amide bonds. The first-order valence-corrected chi connectivity index (χ1v) is 10.9. The van der Waals surface area contributed by atoms with E-state index in [1.165, 1.54) is 0 Å². The largest absolute Gasteiger partial charge is 0.354 e. The van der Waals surface area contributed by atoms with Crippen LogP contribution in [-0.2, 0) is 22.6 Å². The summed E-state index contributed by atoms with van der Waals surface area (Å²) in [7, 11) is 0. The zero-order chi connectivity index (χ0) is 22.1. The van der Waals surface area contributed by atoms with E-state index in [2.05, 4.69) is 5.32 Å². The average molecular weight is 435 g/mol. The highest BCUT2D eigenvalue weighted by Gasteiger charge is 2.31. The number of nitrogens with zero attached hydrogens (tertiary/aromatic N) is 1. The third kappa shape index (κ3) is 6.43. The van der Waals surface area contributed by atoms with E-state index < -0.39 is 6.04 Å². The standard InChI is InChI=1S/C26H27ClN2O2/c1-2-17-28-26(31)25(22-11-7-4-8-12-22)29(19-21-9-5-3-6-10-21)24(30)18-20-13-15-23(27)16-14-20/h3-16,25H,2,17-19H2,1H3,(H,28,31)/t25-/m1/s1. The number of benzene rings is 3. The third-order valence-corrected chi connectivity index (χ3v) is 5.26. The lowest BCUT2D eigenvalue weighted by atomic mass is 10.0. The molecule has 0 aliphatic heterocycles. The third-order valence-electron chi connectivity index (χ3n) is 5.01. The minimum Gasteiger partial charge on any atom is -0.354 e. The van der Waals surface area contributed by atoms with Gasteiger partial charge in [0.15, 0.2) is 0 Å². The van der Waals surface area contributed by atoms with Crippen LogP contribution in [0.4, 0.5) is 0 Å². The van der Waals surface area contributed by atoms with Crippen LogP contribution in [0, 0.1) is 0 Å². The molecule has 1 N–H and O–H groups in total. The Labute approximate surface area is 188 Å². The van der Waals surface area contributed by atoms with Crippen molar-refractivity contribution in [2.45, 2.75) is 32.4 Å². The number of hydrogen-bond acceptors (Lipinski definition) is 2. The van der Waals surface area contributed by atoms with Crippen molar-refractivity contribution < 1.29 is 9.59 Å². The van der Waals surface area contributed by atoms with Gasteiger partial charge in [0.05, 0.1) is 6.42 Å².